The number of ether oxygens (including phenoxy) is 1. The number of hydrogen-bond acceptors (Lipinski definition) is 3. The molecule has 0 aliphatic carbocycles. The third-order valence-electron chi connectivity index (χ3n) is 3.85. The first-order chi connectivity index (χ1) is 11.6. The molecule has 0 saturated carbocycles. The highest BCUT2D eigenvalue weighted by molar-refractivity contribution is 5.67. The number of aliphatic carboxylic acids is 2. The van der Waals surface area contributed by atoms with Crippen molar-refractivity contribution in [1.82, 2.24) is 0 Å². The van der Waals surface area contributed by atoms with Crippen molar-refractivity contribution < 1.29 is 24.5 Å². The van der Waals surface area contributed by atoms with E-state index in [-0.39, 0.29) is 12.8 Å². The van der Waals surface area contributed by atoms with Crippen LogP contribution < -0.4 is 4.74 Å². The van der Waals surface area contributed by atoms with E-state index >= 15 is 0 Å². The molecule has 0 aliphatic heterocycles. The van der Waals surface area contributed by atoms with Gasteiger partial charge in [-0.05, 0) is 37.0 Å². The fourth-order valence-electron chi connectivity index (χ4n) is 2.46. The van der Waals surface area contributed by atoms with Gasteiger partial charge in [0.1, 0.15) is 5.75 Å². The smallest absolute Gasteiger partial charge is 0.303 e. The van der Waals surface area contributed by atoms with Crippen molar-refractivity contribution in [2.24, 2.45) is 0 Å². The largest absolute Gasteiger partial charge is 0.494 e. The zero-order valence-corrected chi connectivity index (χ0v) is 14.2. The lowest BCUT2D eigenvalue weighted by Crippen LogP contribution is -1.99. The van der Waals surface area contributed by atoms with Crippen LogP contribution in [0.2, 0.25) is 0 Å². The molecule has 0 unspecified atom stereocenters. The third kappa shape index (κ3) is 10.6. The van der Waals surface area contributed by atoms with Crippen molar-refractivity contribution in [2.45, 2.75) is 64.2 Å². The van der Waals surface area contributed by atoms with Crippen LogP contribution in [0.15, 0.2) is 24.3 Å². The summed E-state index contributed by atoms with van der Waals surface area (Å²) < 4.78 is 5.68. The maximum absolute atomic E-state index is 10.5. The van der Waals surface area contributed by atoms with Gasteiger partial charge in [0.15, 0.2) is 0 Å². The molecule has 5 heteroatoms. The number of carboxylic acids is 2. The summed E-state index contributed by atoms with van der Waals surface area (Å²) in [5.74, 6) is -0.665. The first-order valence-corrected chi connectivity index (χ1v) is 8.73. The highest BCUT2D eigenvalue weighted by Crippen LogP contribution is 2.14. The van der Waals surface area contributed by atoms with E-state index in [1.54, 1.807) is 0 Å². The molecular formula is C19H28O5. The van der Waals surface area contributed by atoms with E-state index in [0.29, 0.717) is 13.0 Å². The van der Waals surface area contributed by atoms with Gasteiger partial charge in [0.2, 0.25) is 0 Å². The maximum Gasteiger partial charge on any atom is 0.303 e. The lowest BCUT2D eigenvalue weighted by Gasteiger charge is -2.07. The SMILES string of the molecule is O=C(O)CCCCCCCCCOc1ccc(CCC(=O)O)cc1. The molecule has 134 valence electrons. The van der Waals surface area contributed by atoms with E-state index in [0.717, 1.165) is 56.3 Å². The van der Waals surface area contributed by atoms with Gasteiger partial charge in [-0.1, -0.05) is 44.2 Å². The number of aryl methyl sites for hydroxylation is 1. The number of unbranched alkanes of at least 4 members (excludes halogenated alkanes) is 6. The van der Waals surface area contributed by atoms with Gasteiger partial charge in [0, 0.05) is 12.8 Å². The Balaban J connectivity index is 1.99. The van der Waals surface area contributed by atoms with E-state index in [4.69, 9.17) is 14.9 Å². The predicted molar refractivity (Wildman–Crippen MR) is 92.5 cm³/mol. The zero-order valence-electron chi connectivity index (χ0n) is 14.2. The Labute approximate surface area is 143 Å². The lowest BCUT2D eigenvalue weighted by atomic mass is 10.1. The van der Waals surface area contributed by atoms with E-state index < -0.39 is 11.9 Å². The molecule has 1 aromatic carbocycles. The second kappa shape index (κ2) is 12.4. The number of carbonyl (C=O) groups is 2. The second-order valence-electron chi connectivity index (χ2n) is 6.00. The molecule has 2 N–H and O–H groups in total. The molecule has 0 amide bonds. The van der Waals surface area contributed by atoms with Gasteiger partial charge in [-0.2, -0.15) is 0 Å². The van der Waals surface area contributed by atoms with Gasteiger partial charge in [-0.15, -0.1) is 0 Å². The summed E-state index contributed by atoms with van der Waals surface area (Å²) >= 11 is 0. The highest BCUT2D eigenvalue weighted by Gasteiger charge is 2.00. The van der Waals surface area contributed by atoms with Gasteiger partial charge in [0.05, 0.1) is 6.61 Å². The lowest BCUT2D eigenvalue weighted by molar-refractivity contribution is -0.138. The van der Waals surface area contributed by atoms with Crippen molar-refractivity contribution in [3.05, 3.63) is 29.8 Å². The molecule has 0 fully saturated rings. The summed E-state index contributed by atoms with van der Waals surface area (Å²) in [6.45, 7) is 0.688. The van der Waals surface area contributed by atoms with Gasteiger partial charge >= 0.3 is 11.9 Å². The van der Waals surface area contributed by atoms with Crippen LogP contribution in [0.25, 0.3) is 0 Å². The van der Waals surface area contributed by atoms with Gasteiger partial charge in [-0.25, -0.2) is 0 Å². The molecule has 0 saturated heterocycles. The van der Waals surface area contributed by atoms with Gasteiger partial charge in [0.25, 0.3) is 0 Å². The Morgan fingerprint density at radius 1 is 0.750 bits per heavy atom. The van der Waals surface area contributed by atoms with Crippen LogP contribution in [0.3, 0.4) is 0 Å². The molecule has 1 aromatic rings. The van der Waals surface area contributed by atoms with E-state index in [1.165, 1.54) is 0 Å². The summed E-state index contributed by atoms with van der Waals surface area (Å²) in [4.78, 5) is 20.9. The highest BCUT2D eigenvalue weighted by atomic mass is 16.5. The van der Waals surface area contributed by atoms with Gasteiger partial charge in [-0.3, -0.25) is 9.59 Å². The molecule has 0 spiro atoms. The third-order valence-corrected chi connectivity index (χ3v) is 3.85. The Morgan fingerprint density at radius 3 is 1.88 bits per heavy atom. The topological polar surface area (TPSA) is 83.8 Å². The molecule has 0 heterocycles. The Hall–Kier alpha value is -2.04. The van der Waals surface area contributed by atoms with Crippen LogP contribution in [0.5, 0.6) is 5.75 Å². The minimum absolute atomic E-state index is 0.149. The van der Waals surface area contributed by atoms with Crippen LogP contribution in [-0.4, -0.2) is 28.8 Å². The monoisotopic (exact) mass is 336 g/mol. The molecule has 5 nitrogen and oxygen atoms in total. The number of rotatable bonds is 14. The molecule has 24 heavy (non-hydrogen) atoms. The maximum atomic E-state index is 10.5. The first kappa shape index (κ1) is 20.0. The molecular weight excluding hydrogens is 308 g/mol. The molecule has 0 radical (unpaired) electrons. The van der Waals surface area contributed by atoms with Crippen LogP contribution in [0.4, 0.5) is 0 Å². The van der Waals surface area contributed by atoms with Gasteiger partial charge < -0.3 is 14.9 Å². The molecule has 0 aliphatic rings. The van der Waals surface area contributed by atoms with Crippen LogP contribution in [-0.2, 0) is 16.0 Å². The standard InChI is InChI=1S/C19H28O5/c20-18(21)8-6-4-2-1-3-5-7-15-24-17-12-9-16(10-13-17)11-14-19(22)23/h9-10,12-13H,1-8,11,14-15H2,(H,20,21)(H,22,23). The van der Waals surface area contributed by atoms with E-state index in [1.807, 2.05) is 24.3 Å². The Bertz CT molecular complexity index is 481. The quantitative estimate of drug-likeness (QED) is 0.495. The molecule has 0 atom stereocenters. The van der Waals surface area contributed by atoms with Crippen LogP contribution >= 0.6 is 0 Å². The first-order valence-electron chi connectivity index (χ1n) is 8.73. The van der Waals surface area contributed by atoms with Crippen molar-refractivity contribution >= 4 is 11.9 Å². The zero-order chi connectivity index (χ0) is 17.6. The summed E-state index contributed by atoms with van der Waals surface area (Å²) in [6.07, 6.45) is 8.29. The van der Waals surface area contributed by atoms with Crippen molar-refractivity contribution in [2.75, 3.05) is 6.61 Å². The Kier molecular flexibility index (Phi) is 10.3. The minimum atomic E-state index is -0.780. The van der Waals surface area contributed by atoms with E-state index in [9.17, 15) is 9.59 Å². The molecule has 0 aromatic heterocycles. The fraction of sp³-hybridized carbons (Fsp3) is 0.579. The average Bonchev–Trinajstić information content (AvgIpc) is 2.55. The normalized spacial score (nSPS) is 10.5. The average molecular weight is 336 g/mol. The molecule has 1 rings (SSSR count). The summed E-state index contributed by atoms with van der Waals surface area (Å²) in [7, 11) is 0. The summed E-state index contributed by atoms with van der Waals surface area (Å²) in [6, 6.07) is 7.60. The van der Waals surface area contributed by atoms with Crippen molar-refractivity contribution in [3.63, 3.8) is 0 Å². The van der Waals surface area contributed by atoms with Crippen molar-refractivity contribution in [1.29, 1.82) is 0 Å². The second-order valence-corrected chi connectivity index (χ2v) is 6.00. The fourth-order valence-corrected chi connectivity index (χ4v) is 2.46. The Morgan fingerprint density at radius 2 is 1.29 bits per heavy atom. The predicted octanol–water partition coefficient (Wildman–Crippen LogP) is 4.29. The number of hydrogen-bond donors (Lipinski definition) is 2. The summed E-state index contributed by atoms with van der Waals surface area (Å²) in [5, 5.41) is 17.2. The van der Waals surface area contributed by atoms with Crippen LogP contribution in [0, 0.1) is 0 Å². The number of carboxylic acid groups (broad SMARTS) is 2. The molecule has 0 bridgehead atoms. The van der Waals surface area contributed by atoms with Crippen LogP contribution in [0.1, 0.15) is 63.4 Å². The van der Waals surface area contributed by atoms with E-state index in [2.05, 4.69) is 0 Å². The van der Waals surface area contributed by atoms with Crippen molar-refractivity contribution in [3.8, 4) is 5.75 Å². The minimum Gasteiger partial charge on any atom is -0.494 e. The number of benzene rings is 1. The summed E-state index contributed by atoms with van der Waals surface area (Å²) in [5.41, 5.74) is 1.01.